The second-order valence-corrected chi connectivity index (χ2v) is 5.46. The number of amides is 1. The second-order valence-electron chi connectivity index (χ2n) is 4.45. The maximum absolute atomic E-state index is 13.1. The van der Waals surface area contributed by atoms with E-state index in [1.54, 1.807) is 12.1 Å². The first kappa shape index (κ1) is 16.5. The van der Waals surface area contributed by atoms with Gasteiger partial charge in [-0.1, -0.05) is 12.1 Å². The van der Waals surface area contributed by atoms with Crippen molar-refractivity contribution in [1.82, 2.24) is 4.98 Å². The van der Waals surface area contributed by atoms with Gasteiger partial charge in [0.15, 0.2) is 0 Å². The van der Waals surface area contributed by atoms with E-state index >= 15 is 0 Å². The number of pyridine rings is 1. The molecule has 2 rings (SSSR count). The minimum Gasteiger partial charge on any atom is -0.383 e. The van der Waals surface area contributed by atoms with Gasteiger partial charge in [0.05, 0.1) is 11.1 Å². The number of nitrogens with two attached hydrogens (primary N) is 1. The number of benzene rings is 1. The predicted octanol–water partition coefficient (Wildman–Crippen LogP) is 3.20. The molecule has 1 aromatic carbocycles. The second kappa shape index (κ2) is 7.42. The number of anilines is 2. The Hall–Kier alpha value is -2.85. The maximum Gasteiger partial charge on any atom is 0.259 e. The van der Waals surface area contributed by atoms with Gasteiger partial charge in [-0.2, -0.15) is 5.26 Å². The van der Waals surface area contributed by atoms with E-state index < -0.39 is 11.7 Å². The van der Waals surface area contributed by atoms with E-state index in [9.17, 15) is 14.4 Å². The fraction of sp³-hybridized carbons (Fsp3) is 0.0625. The lowest BCUT2D eigenvalue weighted by Crippen LogP contribution is -2.16. The van der Waals surface area contributed by atoms with E-state index in [1.807, 2.05) is 6.07 Å². The molecule has 1 amide bonds. The van der Waals surface area contributed by atoms with Gasteiger partial charge in [-0.15, -0.1) is 18.3 Å². The first-order chi connectivity index (χ1) is 11.0. The van der Waals surface area contributed by atoms with Crippen LogP contribution in [0.2, 0.25) is 0 Å². The standard InChI is InChI=1S/C16H13FN4OS/c1-2-6-23-16-10(9-18)7-13(14(19)21-16)15(22)20-12-5-3-4-11(17)8-12/h2-5,7-8H,1,6H2,(H2,19,21)(H,20,22). The highest BCUT2D eigenvalue weighted by atomic mass is 32.2. The molecule has 7 heteroatoms. The summed E-state index contributed by atoms with van der Waals surface area (Å²) >= 11 is 1.30. The number of thioether (sulfide) groups is 1. The van der Waals surface area contributed by atoms with Crippen molar-refractivity contribution in [3.05, 3.63) is 59.9 Å². The van der Waals surface area contributed by atoms with Crippen molar-refractivity contribution in [2.45, 2.75) is 5.03 Å². The van der Waals surface area contributed by atoms with E-state index in [1.165, 1.54) is 36.0 Å². The van der Waals surface area contributed by atoms with Crippen molar-refractivity contribution in [2.75, 3.05) is 16.8 Å². The molecular weight excluding hydrogens is 315 g/mol. The third-order valence-electron chi connectivity index (χ3n) is 2.80. The molecule has 23 heavy (non-hydrogen) atoms. The minimum absolute atomic E-state index is 0.00413. The largest absolute Gasteiger partial charge is 0.383 e. The Balaban J connectivity index is 2.30. The molecule has 5 nitrogen and oxygen atoms in total. The molecule has 0 bridgehead atoms. The Morgan fingerprint density at radius 3 is 2.96 bits per heavy atom. The van der Waals surface area contributed by atoms with Gasteiger partial charge in [0.2, 0.25) is 0 Å². The van der Waals surface area contributed by atoms with Gasteiger partial charge in [-0.3, -0.25) is 4.79 Å². The summed E-state index contributed by atoms with van der Waals surface area (Å²) in [6, 6.07) is 8.83. The van der Waals surface area contributed by atoms with Crippen molar-refractivity contribution >= 4 is 29.2 Å². The van der Waals surface area contributed by atoms with Crippen LogP contribution in [0.1, 0.15) is 15.9 Å². The molecule has 1 heterocycles. The molecule has 2 aromatic rings. The zero-order valence-electron chi connectivity index (χ0n) is 12.0. The number of nitrogen functional groups attached to an aromatic ring is 1. The molecule has 0 radical (unpaired) electrons. The molecule has 116 valence electrons. The fourth-order valence-electron chi connectivity index (χ4n) is 1.78. The zero-order chi connectivity index (χ0) is 16.8. The fourth-order valence-corrected chi connectivity index (χ4v) is 2.48. The van der Waals surface area contributed by atoms with Crippen LogP contribution in [-0.2, 0) is 0 Å². The monoisotopic (exact) mass is 328 g/mol. The van der Waals surface area contributed by atoms with Crippen LogP contribution >= 0.6 is 11.8 Å². The predicted molar refractivity (Wildman–Crippen MR) is 88.6 cm³/mol. The van der Waals surface area contributed by atoms with Crippen LogP contribution in [0.15, 0.2) is 48.0 Å². The van der Waals surface area contributed by atoms with Crippen LogP contribution in [0.4, 0.5) is 15.9 Å². The Labute approximate surface area is 137 Å². The topological polar surface area (TPSA) is 91.8 Å². The molecule has 0 fully saturated rings. The Bertz CT molecular complexity index is 801. The van der Waals surface area contributed by atoms with Crippen molar-refractivity contribution in [1.29, 1.82) is 5.26 Å². The van der Waals surface area contributed by atoms with Gasteiger partial charge >= 0.3 is 0 Å². The van der Waals surface area contributed by atoms with E-state index in [2.05, 4.69) is 16.9 Å². The highest BCUT2D eigenvalue weighted by Crippen LogP contribution is 2.24. The van der Waals surface area contributed by atoms with Gasteiger partial charge < -0.3 is 11.1 Å². The maximum atomic E-state index is 13.1. The van der Waals surface area contributed by atoms with E-state index in [-0.39, 0.29) is 22.6 Å². The van der Waals surface area contributed by atoms with Gasteiger partial charge in [0.25, 0.3) is 5.91 Å². The molecule has 0 aliphatic carbocycles. The number of carbonyl (C=O) groups is 1. The Morgan fingerprint density at radius 1 is 1.52 bits per heavy atom. The molecular formula is C16H13FN4OS. The van der Waals surface area contributed by atoms with Gasteiger partial charge in [-0.05, 0) is 24.3 Å². The molecule has 1 aromatic heterocycles. The van der Waals surface area contributed by atoms with E-state index in [4.69, 9.17) is 5.73 Å². The van der Waals surface area contributed by atoms with Crippen LogP contribution in [0, 0.1) is 17.1 Å². The molecule has 0 spiro atoms. The van der Waals surface area contributed by atoms with Crippen LogP contribution < -0.4 is 11.1 Å². The highest BCUT2D eigenvalue weighted by Gasteiger charge is 2.16. The average molecular weight is 328 g/mol. The molecule has 0 aliphatic heterocycles. The zero-order valence-corrected chi connectivity index (χ0v) is 12.9. The summed E-state index contributed by atoms with van der Waals surface area (Å²) in [7, 11) is 0. The number of nitrogens with one attached hydrogen (secondary N) is 1. The van der Waals surface area contributed by atoms with Crippen LogP contribution in [0.5, 0.6) is 0 Å². The average Bonchev–Trinajstić information content (AvgIpc) is 2.52. The minimum atomic E-state index is -0.558. The number of nitrogens with zero attached hydrogens (tertiary/aromatic N) is 2. The number of hydrogen-bond acceptors (Lipinski definition) is 5. The molecule has 0 saturated heterocycles. The molecule has 0 saturated carbocycles. The summed E-state index contributed by atoms with van der Waals surface area (Å²) in [5.41, 5.74) is 6.41. The lowest BCUT2D eigenvalue weighted by molar-refractivity contribution is 0.102. The quantitative estimate of drug-likeness (QED) is 0.649. The summed E-state index contributed by atoms with van der Waals surface area (Å²) in [5.74, 6) is -0.458. The van der Waals surface area contributed by atoms with Crippen molar-refractivity contribution < 1.29 is 9.18 Å². The summed E-state index contributed by atoms with van der Waals surface area (Å²) in [6.45, 7) is 3.60. The van der Waals surface area contributed by atoms with E-state index in [0.717, 1.165) is 0 Å². The highest BCUT2D eigenvalue weighted by molar-refractivity contribution is 7.99. The molecule has 0 atom stereocenters. The number of hydrogen-bond donors (Lipinski definition) is 2. The summed E-state index contributed by atoms with van der Waals surface area (Å²) in [4.78, 5) is 16.4. The lowest BCUT2D eigenvalue weighted by Gasteiger charge is -2.09. The van der Waals surface area contributed by atoms with Gasteiger partial charge in [-0.25, -0.2) is 9.37 Å². The van der Waals surface area contributed by atoms with Crippen LogP contribution in [0.25, 0.3) is 0 Å². The lowest BCUT2D eigenvalue weighted by atomic mass is 10.2. The Kier molecular flexibility index (Phi) is 5.33. The van der Waals surface area contributed by atoms with Crippen molar-refractivity contribution in [3.63, 3.8) is 0 Å². The normalized spacial score (nSPS) is 9.91. The third-order valence-corrected chi connectivity index (χ3v) is 3.79. The molecule has 3 N–H and O–H groups in total. The smallest absolute Gasteiger partial charge is 0.259 e. The summed E-state index contributed by atoms with van der Waals surface area (Å²) < 4.78 is 13.1. The van der Waals surface area contributed by atoms with E-state index in [0.29, 0.717) is 10.8 Å². The van der Waals surface area contributed by atoms with Crippen LogP contribution in [-0.4, -0.2) is 16.6 Å². The number of halogens is 1. The Morgan fingerprint density at radius 2 is 2.30 bits per heavy atom. The molecule has 0 unspecified atom stereocenters. The number of aromatic nitrogens is 1. The molecule has 0 aliphatic rings. The van der Waals surface area contributed by atoms with Crippen molar-refractivity contribution in [3.8, 4) is 6.07 Å². The van der Waals surface area contributed by atoms with Gasteiger partial charge in [0, 0.05) is 11.4 Å². The first-order valence-corrected chi connectivity index (χ1v) is 7.55. The summed E-state index contributed by atoms with van der Waals surface area (Å²) in [6.07, 6.45) is 1.67. The third kappa shape index (κ3) is 4.08. The number of nitriles is 1. The number of rotatable bonds is 5. The SMILES string of the molecule is C=CCSc1nc(N)c(C(=O)Nc2cccc(F)c2)cc1C#N. The number of carbonyl (C=O) groups excluding carboxylic acids is 1. The van der Waals surface area contributed by atoms with Gasteiger partial charge in [0.1, 0.15) is 22.7 Å². The first-order valence-electron chi connectivity index (χ1n) is 6.56. The van der Waals surface area contributed by atoms with Crippen LogP contribution in [0.3, 0.4) is 0 Å². The summed E-state index contributed by atoms with van der Waals surface area (Å²) in [5, 5.41) is 12.1. The van der Waals surface area contributed by atoms with Crippen molar-refractivity contribution in [2.24, 2.45) is 0 Å².